The maximum absolute atomic E-state index is 13.2. The third-order valence-corrected chi connectivity index (χ3v) is 5.47. The highest BCUT2D eigenvalue weighted by Gasteiger charge is 2.27. The van der Waals surface area contributed by atoms with Crippen molar-refractivity contribution < 1.29 is 27.2 Å². The number of anilines is 1. The van der Waals surface area contributed by atoms with E-state index in [1.807, 2.05) is 0 Å². The van der Waals surface area contributed by atoms with Crippen LogP contribution >= 0.6 is 0 Å². The van der Waals surface area contributed by atoms with Crippen LogP contribution in [0.1, 0.15) is 23.0 Å². The average molecular weight is 445 g/mol. The number of sulfone groups is 1. The lowest BCUT2D eigenvalue weighted by molar-refractivity contribution is -0.116. The van der Waals surface area contributed by atoms with Crippen molar-refractivity contribution >= 4 is 38.3 Å². The molecule has 0 saturated heterocycles. The number of methoxy groups -OCH3 is 1. The van der Waals surface area contributed by atoms with Crippen molar-refractivity contribution in [3.8, 4) is 5.75 Å². The zero-order valence-electron chi connectivity index (χ0n) is 17.5. The summed E-state index contributed by atoms with van der Waals surface area (Å²) in [5.74, 6) is -0.752. The highest BCUT2D eigenvalue weighted by atomic mass is 32.2. The van der Waals surface area contributed by atoms with Crippen LogP contribution < -0.4 is 10.1 Å². The molecule has 9 heteroatoms. The predicted octanol–water partition coefficient (Wildman–Crippen LogP) is 3.09. The number of furan rings is 1. The van der Waals surface area contributed by atoms with Crippen LogP contribution in [0, 0.1) is 0 Å². The highest BCUT2D eigenvalue weighted by molar-refractivity contribution is 7.89. The minimum Gasteiger partial charge on any atom is -0.497 e. The molecule has 31 heavy (non-hydrogen) atoms. The lowest BCUT2D eigenvalue weighted by Crippen LogP contribution is -2.38. The number of benzene rings is 2. The monoisotopic (exact) mass is 444 g/mol. The molecule has 0 unspecified atom stereocenters. The number of nitrogens with one attached hydrogen (secondary N) is 1. The second kappa shape index (κ2) is 9.22. The van der Waals surface area contributed by atoms with Gasteiger partial charge in [0.1, 0.15) is 17.9 Å². The van der Waals surface area contributed by atoms with Crippen LogP contribution in [0.3, 0.4) is 0 Å². The summed E-state index contributed by atoms with van der Waals surface area (Å²) in [4.78, 5) is 27.0. The van der Waals surface area contributed by atoms with Gasteiger partial charge in [-0.1, -0.05) is 24.3 Å². The van der Waals surface area contributed by atoms with Crippen molar-refractivity contribution in [2.45, 2.75) is 12.7 Å². The SMILES string of the molecule is CCN(CC(=O)Nc1cccc(OC)c1)C(=O)c1oc2ccccc2c1CS(C)(=O)=O. The van der Waals surface area contributed by atoms with Gasteiger partial charge in [0, 0.05) is 35.5 Å². The summed E-state index contributed by atoms with van der Waals surface area (Å²) in [6.07, 6.45) is 1.10. The average Bonchev–Trinajstić information content (AvgIpc) is 3.08. The molecule has 0 aliphatic rings. The zero-order chi connectivity index (χ0) is 22.6. The van der Waals surface area contributed by atoms with Gasteiger partial charge >= 0.3 is 0 Å². The van der Waals surface area contributed by atoms with E-state index in [1.165, 1.54) is 12.0 Å². The second-order valence-electron chi connectivity index (χ2n) is 7.08. The van der Waals surface area contributed by atoms with Crippen LogP contribution in [0.15, 0.2) is 52.9 Å². The van der Waals surface area contributed by atoms with E-state index in [2.05, 4.69) is 5.32 Å². The van der Waals surface area contributed by atoms with Gasteiger partial charge in [0.2, 0.25) is 5.91 Å². The fourth-order valence-electron chi connectivity index (χ4n) is 3.22. The molecule has 3 aromatic rings. The van der Waals surface area contributed by atoms with Crippen LogP contribution in [0.25, 0.3) is 11.0 Å². The number of fused-ring (bicyclic) bond motifs is 1. The topological polar surface area (TPSA) is 106 Å². The fraction of sp³-hybridized carbons (Fsp3) is 0.273. The molecular formula is C22H24N2O6S. The lowest BCUT2D eigenvalue weighted by atomic mass is 10.1. The molecule has 0 bridgehead atoms. The van der Waals surface area contributed by atoms with Crippen molar-refractivity contribution in [1.29, 1.82) is 0 Å². The van der Waals surface area contributed by atoms with Crippen molar-refractivity contribution in [2.75, 3.05) is 31.8 Å². The maximum Gasteiger partial charge on any atom is 0.290 e. The van der Waals surface area contributed by atoms with E-state index in [4.69, 9.17) is 9.15 Å². The van der Waals surface area contributed by atoms with Crippen molar-refractivity contribution in [2.24, 2.45) is 0 Å². The number of para-hydroxylation sites is 1. The molecule has 0 saturated carbocycles. The molecule has 0 atom stereocenters. The quantitative estimate of drug-likeness (QED) is 0.572. The molecule has 8 nitrogen and oxygen atoms in total. The molecule has 0 spiro atoms. The number of amides is 2. The Balaban J connectivity index is 1.85. The number of hydrogen-bond acceptors (Lipinski definition) is 6. The number of nitrogens with zero attached hydrogens (tertiary/aromatic N) is 1. The normalized spacial score (nSPS) is 11.3. The molecule has 2 amide bonds. The number of hydrogen-bond donors (Lipinski definition) is 1. The Hall–Kier alpha value is -3.33. The van der Waals surface area contributed by atoms with Gasteiger partial charge in [0.15, 0.2) is 15.6 Å². The van der Waals surface area contributed by atoms with E-state index in [9.17, 15) is 18.0 Å². The van der Waals surface area contributed by atoms with E-state index >= 15 is 0 Å². The first kappa shape index (κ1) is 22.4. The smallest absolute Gasteiger partial charge is 0.290 e. The van der Waals surface area contributed by atoms with Crippen LogP contribution in [0.4, 0.5) is 5.69 Å². The molecule has 0 aliphatic carbocycles. The van der Waals surface area contributed by atoms with E-state index in [1.54, 1.807) is 55.5 Å². The Morgan fingerprint density at radius 3 is 2.55 bits per heavy atom. The summed E-state index contributed by atoms with van der Waals surface area (Å²) in [6.45, 7) is 1.75. The second-order valence-corrected chi connectivity index (χ2v) is 9.22. The highest BCUT2D eigenvalue weighted by Crippen LogP contribution is 2.28. The van der Waals surface area contributed by atoms with Gasteiger partial charge in [-0.15, -0.1) is 0 Å². The van der Waals surface area contributed by atoms with E-state index in [0.717, 1.165) is 6.26 Å². The zero-order valence-corrected chi connectivity index (χ0v) is 18.4. The molecule has 0 radical (unpaired) electrons. The van der Waals surface area contributed by atoms with E-state index in [-0.39, 0.29) is 24.6 Å². The van der Waals surface area contributed by atoms with E-state index in [0.29, 0.717) is 28.0 Å². The van der Waals surface area contributed by atoms with Crippen LogP contribution in [-0.2, 0) is 20.4 Å². The molecule has 1 aromatic heterocycles. The molecule has 0 fully saturated rings. The maximum atomic E-state index is 13.2. The van der Waals surface area contributed by atoms with Crippen molar-refractivity contribution in [3.05, 3.63) is 59.9 Å². The molecular weight excluding hydrogens is 420 g/mol. The largest absolute Gasteiger partial charge is 0.497 e. The number of likely N-dealkylation sites (N-methyl/N-ethyl adjacent to an activating group) is 1. The lowest BCUT2D eigenvalue weighted by Gasteiger charge is -2.20. The number of ether oxygens (including phenoxy) is 1. The first-order valence-corrected chi connectivity index (χ1v) is 11.7. The Bertz CT molecular complexity index is 1220. The van der Waals surface area contributed by atoms with Gasteiger partial charge in [0.05, 0.1) is 12.9 Å². The third kappa shape index (κ3) is 5.43. The third-order valence-electron chi connectivity index (χ3n) is 4.66. The predicted molar refractivity (Wildman–Crippen MR) is 118 cm³/mol. The van der Waals surface area contributed by atoms with Gasteiger partial charge in [0.25, 0.3) is 5.91 Å². The Kier molecular flexibility index (Phi) is 6.65. The Labute approximate surface area is 180 Å². The molecule has 2 aromatic carbocycles. The van der Waals surface area contributed by atoms with Gasteiger partial charge < -0.3 is 19.4 Å². The van der Waals surface area contributed by atoms with Crippen LogP contribution in [0.5, 0.6) is 5.75 Å². The summed E-state index contributed by atoms with van der Waals surface area (Å²) in [7, 11) is -1.89. The molecule has 1 heterocycles. The Morgan fingerprint density at radius 2 is 1.87 bits per heavy atom. The van der Waals surface area contributed by atoms with Gasteiger partial charge in [-0.25, -0.2) is 8.42 Å². The molecule has 0 aliphatic heterocycles. The minimum atomic E-state index is -3.42. The van der Waals surface area contributed by atoms with Crippen LogP contribution in [0.2, 0.25) is 0 Å². The number of carbonyl (C=O) groups excluding carboxylic acids is 2. The Morgan fingerprint density at radius 1 is 1.13 bits per heavy atom. The van der Waals surface area contributed by atoms with Crippen molar-refractivity contribution in [1.82, 2.24) is 4.90 Å². The van der Waals surface area contributed by atoms with Gasteiger partial charge in [-0.05, 0) is 25.1 Å². The van der Waals surface area contributed by atoms with Gasteiger partial charge in [-0.3, -0.25) is 9.59 Å². The minimum absolute atomic E-state index is 0.0670. The molecule has 164 valence electrons. The molecule has 3 rings (SSSR count). The number of rotatable bonds is 8. The summed E-state index contributed by atoms with van der Waals surface area (Å²) in [5, 5.41) is 3.29. The van der Waals surface area contributed by atoms with E-state index < -0.39 is 21.7 Å². The van der Waals surface area contributed by atoms with Gasteiger partial charge in [-0.2, -0.15) is 0 Å². The standard InChI is InChI=1S/C22H24N2O6S/c1-4-24(13-20(25)23-15-8-7-9-16(12-15)29-2)22(26)21-18(14-31(3,27)28)17-10-5-6-11-19(17)30-21/h5-12H,4,13-14H2,1-3H3,(H,23,25). The first-order chi connectivity index (χ1) is 14.7. The number of carbonyl (C=O) groups is 2. The summed E-state index contributed by atoms with van der Waals surface area (Å²) in [5.41, 5.74) is 1.26. The first-order valence-electron chi connectivity index (χ1n) is 9.63. The molecule has 1 N–H and O–H groups in total. The summed E-state index contributed by atoms with van der Waals surface area (Å²) < 4.78 is 34.8. The summed E-state index contributed by atoms with van der Waals surface area (Å²) >= 11 is 0. The van der Waals surface area contributed by atoms with Crippen LogP contribution in [-0.4, -0.2) is 51.6 Å². The summed E-state index contributed by atoms with van der Waals surface area (Å²) in [6, 6.07) is 13.7. The fourth-order valence-corrected chi connectivity index (χ4v) is 4.03. The van der Waals surface area contributed by atoms with Crippen molar-refractivity contribution in [3.63, 3.8) is 0 Å².